The van der Waals surface area contributed by atoms with Crippen LogP contribution in [-0.4, -0.2) is 20.3 Å². The van der Waals surface area contributed by atoms with Crippen molar-refractivity contribution in [2.45, 2.75) is 12.8 Å². The van der Waals surface area contributed by atoms with Gasteiger partial charge in [-0.2, -0.15) is 0 Å². The van der Waals surface area contributed by atoms with E-state index in [0.29, 0.717) is 6.61 Å². The van der Waals surface area contributed by atoms with E-state index >= 15 is 0 Å². The molecule has 0 aromatic heterocycles. The number of hydrogen-bond acceptors (Lipinski definition) is 3. The Morgan fingerprint density at radius 1 is 0.800 bits per heavy atom. The van der Waals surface area contributed by atoms with E-state index in [1.165, 1.54) is 11.1 Å². The molecule has 106 valence electrons. The van der Waals surface area contributed by atoms with Gasteiger partial charge in [-0.05, 0) is 41.8 Å². The maximum Gasteiger partial charge on any atom is 0.119 e. The van der Waals surface area contributed by atoms with Crippen LogP contribution in [0.2, 0.25) is 0 Å². The van der Waals surface area contributed by atoms with E-state index in [0.717, 1.165) is 30.9 Å². The zero-order chi connectivity index (χ0) is 14.2. The molecule has 2 N–H and O–H groups in total. The molecule has 0 amide bonds. The largest absolute Gasteiger partial charge is 0.493 e. The van der Waals surface area contributed by atoms with Crippen LogP contribution in [0, 0.1) is 0 Å². The Hall–Kier alpha value is -2.00. The van der Waals surface area contributed by atoms with Crippen LogP contribution in [0.4, 0.5) is 5.69 Å². The monoisotopic (exact) mass is 271 g/mol. The summed E-state index contributed by atoms with van der Waals surface area (Å²) in [6.07, 6.45) is 1.81. The molecule has 0 saturated carbocycles. The Balaban J connectivity index is 1.77. The summed E-state index contributed by atoms with van der Waals surface area (Å²) in [7, 11) is 1.72. The first-order chi connectivity index (χ1) is 9.78. The van der Waals surface area contributed by atoms with Crippen LogP contribution >= 0.6 is 0 Å². The van der Waals surface area contributed by atoms with Crippen molar-refractivity contribution in [2.75, 3.05) is 26.1 Å². The zero-order valence-electron chi connectivity index (χ0n) is 11.8. The van der Waals surface area contributed by atoms with E-state index in [4.69, 9.17) is 15.2 Å². The maximum absolute atomic E-state index is 5.74. The van der Waals surface area contributed by atoms with Gasteiger partial charge >= 0.3 is 0 Å². The minimum Gasteiger partial charge on any atom is -0.493 e. The molecule has 0 spiro atoms. The number of nitrogens with two attached hydrogens (primary N) is 1. The Bertz CT molecular complexity index is 506. The first-order valence-corrected chi connectivity index (χ1v) is 6.83. The summed E-state index contributed by atoms with van der Waals surface area (Å²) in [5.74, 6) is 0.904. The molecule has 2 rings (SSSR count). The van der Waals surface area contributed by atoms with Gasteiger partial charge in [0.2, 0.25) is 0 Å². The minimum atomic E-state index is 0.668. The van der Waals surface area contributed by atoms with Crippen molar-refractivity contribution in [2.24, 2.45) is 0 Å². The number of ether oxygens (including phenoxy) is 2. The summed E-state index contributed by atoms with van der Waals surface area (Å²) < 4.78 is 10.8. The van der Waals surface area contributed by atoms with Crippen molar-refractivity contribution < 1.29 is 9.47 Å². The molecule has 20 heavy (non-hydrogen) atoms. The van der Waals surface area contributed by atoms with E-state index in [1.807, 2.05) is 36.4 Å². The van der Waals surface area contributed by atoms with Crippen LogP contribution in [0.15, 0.2) is 48.5 Å². The molecule has 3 heteroatoms. The average molecular weight is 271 g/mol. The number of benzene rings is 2. The van der Waals surface area contributed by atoms with E-state index in [-0.39, 0.29) is 0 Å². The lowest BCUT2D eigenvalue weighted by Crippen LogP contribution is -2.01. The van der Waals surface area contributed by atoms with E-state index in [9.17, 15) is 0 Å². The first kappa shape index (κ1) is 14.4. The van der Waals surface area contributed by atoms with Crippen molar-refractivity contribution in [3.63, 3.8) is 0 Å². The van der Waals surface area contributed by atoms with Crippen LogP contribution in [0.1, 0.15) is 11.1 Å². The van der Waals surface area contributed by atoms with Gasteiger partial charge in [-0.1, -0.05) is 24.3 Å². The number of methoxy groups -OCH3 is 1. The summed E-state index contributed by atoms with van der Waals surface area (Å²) in [6, 6.07) is 16.1. The molecule has 0 unspecified atom stereocenters. The highest BCUT2D eigenvalue weighted by Gasteiger charge is 1.97. The molecule has 2 aromatic rings. The third-order valence-electron chi connectivity index (χ3n) is 3.16. The Morgan fingerprint density at radius 3 is 1.95 bits per heavy atom. The summed E-state index contributed by atoms with van der Waals surface area (Å²) in [4.78, 5) is 0. The molecule has 0 aliphatic carbocycles. The molecule has 0 fully saturated rings. The number of rotatable bonds is 7. The fraction of sp³-hybridized carbons (Fsp3) is 0.294. The molecule has 2 aromatic carbocycles. The highest BCUT2D eigenvalue weighted by molar-refractivity contribution is 5.39. The van der Waals surface area contributed by atoms with Crippen molar-refractivity contribution in [3.8, 4) is 5.75 Å². The fourth-order valence-corrected chi connectivity index (χ4v) is 1.94. The van der Waals surface area contributed by atoms with Crippen molar-refractivity contribution in [1.82, 2.24) is 0 Å². The van der Waals surface area contributed by atoms with Crippen molar-refractivity contribution in [1.29, 1.82) is 0 Å². The maximum atomic E-state index is 5.74. The zero-order valence-corrected chi connectivity index (χ0v) is 11.8. The highest BCUT2D eigenvalue weighted by atomic mass is 16.5. The van der Waals surface area contributed by atoms with E-state index < -0.39 is 0 Å². The van der Waals surface area contributed by atoms with Crippen LogP contribution in [-0.2, 0) is 17.6 Å². The second kappa shape index (κ2) is 7.56. The van der Waals surface area contributed by atoms with Gasteiger partial charge in [0, 0.05) is 19.2 Å². The van der Waals surface area contributed by atoms with Crippen LogP contribution in [0.5, 0.6) is 5.75 Å². The Labute approximate surface area is 120 Å². The third-order valence-corrected chi connectivity index (χ3v) is 3.16. The molecular formula is C17H21NO2. The van der Waals surface area contributed by atoms with Gasteiger partial charge in [0.15, 0.2) is 0 Å². The van der Waals surface area contributed by atoms with E-state index in [2.05, 4.69) is 12.1 Å². The van der Waals surface area contributed by atoms with Gasteiger partial charge in [0.25, 0.3) is 0 Å². The summed E-state index contributed by atoms with van der Waals surface area (Å²) >= 11 is 0. The number of nitrogen functional groups attached to an aromatic ring is 1. The number of hydrogen-bond donors (Lipinski definition) is 1. The lowest BCUT2D eigenvalue weighted by molar-refractivity contribution is 0.202. The molecule has 0 heterocycles. The first-order valence-electron chi connectivity index (χ1n) is 6.83. The smallest absolute Gasteiger partial charge is 0.119 e. The van der Waals surface area contributed by atoms with Gasteiger partial charge in [-0.25, -0.2) is 0 Å². The van der Waals surface area contributed by atoms with Crippen LogP contribution in [0.3, 0.4) is 0 Å². The normalized spacial score (nSPS) is 10.4. The topological polar surface area (TPSA) is 44.5 Å². The highest BCUT2D eigenvalue weighted by Crippen LogP contribution is 2.13. The molecule has 0 aliphatic heterocycles. The summed E-state index contributed by atoms with van der Waals surface area (Å²) in [5, 5.41) is 0. The summed E-state index contributed by atoms with van der Waals surface area (Å²) in [5.41, 5.74) is 8.94. The molecule has 0 saturated heterocycles. The van der Waals surface area contributed by atoms with Crippen LogP contribution < -0.4 is 10.5 Å². The second-order valence-corrected chi connectivity index (χ2v) is 4.73. The second-order valence-electron chi connectivity index (χ2n) is 4.73. The predicted octanol–water partition coefficient (Wildman–Crippen LogP) is 3.08. The molecule has 0 aliphatic rings. The van der Waals surface area contributed by atoms with Crippen molar-refractivity contribution in [3.05, 3.63) is 59.7 Å². The quantitative estimate of drug-likeness (QED) is 0.787. The van der Waals surface area contributed by atoms with E-state index in [1.54, 1.807) is 7.11 Å². The molecule has 3 nitrogen and oxygen atoms in total. The molecule has 0 atom stereocenters. The molecular weight excluding hydrogens is 250 g/mol. The Kier molecular flexibility index (Phi) is 5.44. The standard InChI is InChI=1S/C17H21NO2/c1-19-12-10-15-4-8-17(9-5-15)20-13-11-14-2-6-16(18)7-3-14/h2-9H,10-13,18H2,1H3. The third kappa shape index (κ3) is 4.59. The minimum absolute atomic E-state index is 0.668. The van der Waals surface area contributed by atoms with Gasteiger partial charge in [-0.3, -0.25) is 0 Å². The fourth-order valence-electron chi connectivity index (χ4n) is 1.94. The van der Waals surface area contributed by atoms with Gasteiger partial charge in [-0.15, -0.1) is 0 Å². The van der Waals surface area contributed by atoms with Gasteiger partial charge < -0.3 is 15.2 Å². The predicted molar refractivity (Wildman–Crippen MR) is 82.1 cm³/mol. The molecule has 0 bridgehead atoms. The average Bonchev–Trinajstić information content (AvgIpc) is 2.48. The number of anilines is 1. The molecule has 0 radical (unpaired) electrons. The van der Waals surface area contributed by atoms with Gasteiger partial charge in [0.05, 0.1) is 13.2 Å². The van der Waals surface area contributed by atoms with Crippen molar-refractivity contribution >= 4 is 5.69 Å². The Morgan fingerprint density at radius 2 is 1.35 bits per heavy atom. The van der Waals surface area contributed by atoms with Crippen LogP contribution in [0.25, 0.3) is 0 Å². The lowest BCUT2D eigenvalue weighted by atomic mass is 10.1. The SMILES string of the molecule is COCCc1ccc(OCCc2ccc(N)cc2)cc1. The lowest BCUT2D eigenvalue weighted by Gasteiger charge is -2.07. The summed E-state index contributed by atoms with van der Waals surface area (Å²) in [6.45, 7) is 1.42. The van der Waals surface area contributed by atoms with Gasteiger partial charge in [0.1, 0.15) is 5.75 Å².